The molecule has 0 spiro atoms. The van der Waals surface area contributed by atoms with Crippen LogP contribution < -0.4 is 5.32 Å². The fraction of sp³-hybridized carbons (Fsp3) is 0.130. The Balaban J connectivity index is 1.57. The highest BCUT2D eigenvalue weighted by atomic mass is 32.2. The molecule has 156 valence electrons. The molecule has 1 atom stereocenters. The van der Waals surface area contributed by atoms with Gasteiger partial charge in [0.25, 0.3) is 0 Å². The molecular weight excluding hydrogens is 413 g/mol. The Morgan fingerprint density at radius 2 is 2.03 bits per heavy atom. The van der Waals surface area contributed by atoms with Gasteiger partial charge in [-0.3, -0.25) is 14.3 Å². The molecule has 0 fully saturated rings. The number of thioether (sulfide) groups is 1. The van der Waals surface area contributed by atoms with Gasteiger partial charge >= 0.3 is 0 Å². The average Bonchev–Trinajstić information content (AvgIpc) is 3.16. The zero-order valence-electron chi connectivity index (χ0n) is 16.8. The molecule has 0 radical (unpaired) electrons. The van der Waals surface area contributed by atoms with Gasteiger partial charge in [-0.2, -0.15) is 0 Å². The summed E-state index contributed by atoms with van der Waals surface area (Å²) in [5.41, 5.74) is 1.85. The minimum atomic E-state index is -0.465. The fourth-order valence-electron chi connectivity index (χ4n) is 3.17. The van der Waals surface area contributed by atoms with E-state index in [9.17, 15) is 9.18 Å². The van der Waals surface area contributed by atoms with Crippen LogP contribution in [0.2, 0.25) is 0 Å². The maximum atomic E-state index is 14.3. The monoisotopic (exact) mass is 433 g/mol. The lowest BCUT2D eigenvalue weighted by Gasteiger charge is -2.14. The van der Waals surface area contributed by atoms with E-state index in [-0.39, 0.29) is 11.7 Å². The maximum Gasteiger partial charge on any atom is 0.237 e. The van der Waals surface area contributed by atoms with Gasteiger partial charge in [0.05, 0.1) is 22.0 Å². The Labute approximate surface area is 183 Å². The lowest BCUT2D eigenvalue weighted by molar-refractivity contribution is -0.115. The van der Waals surface area contributed by atoms with E-state index in [2.05, 4.69) is 27.1 Å². The molecule has 1 amide bonds. The number of rotatable bonds is 7. The van der Waals surface area contributed by atoms with E-state index in [0.717, 1.165) is 10.9 Å². The summed E-state index contributed by atoms with van der Waals surface area (Å²) in [6, 6.07) is 15.7. The molecular formula is C23H20FN5OS. The summed E-state index contributed by atoms with van der Waals surface area (Å²) in [5, 5.41) is 12.3. The first-order valence-electron chi connectivity index (χ1n) is 9.68. The number of anilines is 1. The van der Waals surface area contributed by atoms with Crippen LogP contribution >= 0.6 is 11.8 Å². The normalized spacial score (nSPS) is 11.9. The number of nitrogens with zero attached hydrogens (tertiary/aromatic N) is 4. The van der Waals surface area contributed by atoms with Crippen LogP contribution in [0, 0.1) is 5.82 Å². The zero-order valence-corrected chi connectivity index (χ0v) is 17.6. The van der Waals surface area contributed by atoms with Gasteiger partial charge in [-0.1, -0.05) is 36.0 Å². The molecule has 8 heteroatoms. The van der Waals surface area contributed by atoms with Crippen LogP contribution in [0.4, 0.5) is 10.1 Å². The molecule has 0 bridgehead atoms. The molecule has 1 unspecified atom stereocenters. The molecule has 4 aromatic rings. The molecule has 0 aliphatic rings. The molecule has 1 N–H and O–H groups in total. The second kappa shape index (κ2) is 9.09. The highest BCUT2D eigenvalue weighted by Gasteiger charge is 2.22. The lowest BCUT2D eigenvalue weighted by Crippen LogP contribution is -2.23. The van der Waals surface area contributed by atoms with Crippen molar-refractivity contribution in [2.45, 2.75) is 23.9 Å². The van der Waals surface area contributed by atoms with Crippen molar-refractivity contribution < 1.29 is 9.18 Å². The van der Waals surface area contributed by atoms with Gasteiger partial charge in [0.2, 0.25) is 5.91 Å². The van der Waals surface area contributed by atoms with Crippen LogP contribution in [0.25, 0.3) is 22.3 Å². The number of aromatic nitrogens is 4. The summed E-state index contributed by atoms with van der Waals surface area (Å²) >= 11 is 1.26. The molecule has 6 nitrogen and oxygen atoms in total. The number of halogens is 1. The number of carbonyl (C=O) groups excluding carboxylic acids is 1. The second-order valence-electron chi connectivity index (χ2n) is 6.81. The third-order valence-electron chi connectivity index (χ3n) is 4.70. The van der Waals surface area contributed by atoms with E-state index in [1.54, 1.807) is 42.0 Å². The molecule has 31 heavy (non-hydrogen) atoms. The summed E-state index contributed by atoms with van der Waals surface area (Å²) in [7, 11) is 0. The SMILES string of the molecule is C=CCn1c(SC(C)C(=O)Nc2cccc3ncccc23)nnc1-c1ccccc1F. The maximum absolute atomic E-state index is 14.3. The number of nitrogens with one attached hydrogen (secondary N) is 1. The van der Waals surface area contributed by atoms with Crippen LogP contribution in [0.1, 0.15) is 6.92 Å². The van der Waals surface area contributed by atoms with Crippen LogP contribution in [0.5, 0.6) is 0 Å². The molecule has 0 aliphatic carbocycles. The molecule has 0 saturated carbocycles. The van der Waals surface area contributed by atoms with Crippen molar-refractivity contribution >= 4 is 34.3 Å². The summed E-state index contributed by atoms with van der Waals surface area (Å²) in [6.45, 7) is 5.95. The first-order chi connectivity index (χ1) is 15.1. The van der Waals surface area contributed by atoms with Crippen molar-refractivity contribution in [3.63, 3.8) is 0 Å². The molecule has 0 saturated heterocycles. The minimum absolute atomic E-state index is 0.179. The van der Waals surface area contributed by atoms with Crippen molar-refractivity contribution in [2.75, 3.05) is 5.32 Å². The lowest BCUT2D eigenvalue weighted by atomic mass is 10.2. The van der Waals surface area contributed by atoms with Crippen molar-refractivity contribution in [1.82, 2.24) is 19.7 Å². The molecule has 2 aromatic carbocycles. The van der Waals surface area contributed by atoms with Gasteiger partial charge in [-0.05, 0) is 43.3 Å². The largest absolute Gasteiger partial charge is 0.324 e. The molecule has 0 aliphatic heterocycles. The first kappa shape index (κ1) is 20.7. The van der Waals surface area contributed by atoms with E-state index < -0.39 is 5.25 Å². The molecule has 2 heterocycles. The van der Waals surface area contributed by atoms with Gasteiger partial charge in [-0.15, -0.1) is 16.8 Å². The Morgan fingerprint density at radius 3 is 2.84 bits per heavy atom. The number of hydrogen-bond acceptors (Lipinski definition) is 5. The summed E-state index contributed by atoms with van der Waals surface area (Å²) in [6.07, 6.45) is 3.40. The van der Waals surface area contributed by atoms with Crippen LogP contribution in [0.15, 0.2) is 78.6 Å². The van der Waals surface area contributed by atoms with Crippen molar-refractivity contribution in [3.8, 4) is 11.4 Å². The summed E-state index contributed by atoms with van der Waals surface area (Å²) in [4.78, 5) is 17.2. The first-order valence-corrected chi connectivity index (χ1v) is 10.6. The molecule has 4 rings (SSSR count). The number of benzene rings is 2. The summed E-state index contributed by atoms with van der Waals surface area (Å²) in [5.74, 6) is -0.165. The standard InChI is InChI=1S/C23H20FN5OS/c1-3-14-29-21(16-8-4-5-10-18(16)24)27-28-23(29)31-15(2)22(30)26-20-12-6-11-19-17(20)9-7-13-25-19/h3-13,15H,1,14H2,2H3,(H,26,30). The smallest absolute Gasteiger partial charge is 0.237 e. The van der Waals surface area contributed by atoms with Gasteiger partial charge < -0.3 is 5.32 Å². The number of hydrogen-bond donors (Lipinski definition) is 1. The predicted octanol–water partition coefficient (Wildman–Crippen LogP) is 4.94. The zero-order chi connectivity index (χ0) is 21.8. The highest BCUT2D eigenvalue weighted by molar-refractivity contribution is 8.00. The Kier molecular flexibility index (Phi) is 6.08. The fourth-order valence-corrected chi connectivity index (χ4v) is 4.03. The molecule has 2 aromatic heterocycles. The Hall–Kier alpha value is -3.52. The quantitative estimate of drug-likeness (QED) is 0.330. The number of amides is 1. The van der Waals surface area contributed by atoms with Crippen LogP contribution in [0.3, 0.4) is 0 Å². The van der Waals surface area contributed by atoms with E-state index in [4.69, 9.17) is 0 Å². The Bertz CT molecular complexity index is 1250. The second-order valence-corrected chi connectivity index (χ2v) is 8.12. The topological polar surface area (TPSA) is 72.7 Å². The number of fused-ring (bicyclic) bond motifs is 1. The van der Waals surface area contributed by atoms with Crippen molar-refractivity contribution in [3.05, 3.63) is 79.3 Å². The average molecular weight is 434 g/mol. The van der Waals surface area contributed by atoms with Crippen LogP contribution in [-0.4, -0.2) is 30.9 Å². The van der Waals surface area contributed by atoms with E-state index in [1.807, 2.05) is 30.3 Å². The predicted molar refractivity (Wildman–Crippen MR) is 121 cm³/mol. The van der Waals surface area contributed by atoms with Gasteiger partial charge in [0.1, 0.15) is 5.82 Å². The highest BCUT2D eigenvalue weighted by Crippen LogP contribution is 2.29. The van der Waals surface area contributed by atoms with E-state index in [0.29, 0.717) is 28.8 Å². The minimum Gasteiger partial charge on any atom is -0.324 e. The van der Waals surface area contributed by atoms with Crippen LogP contribution in [-0.2, 0) is 11.3 Å². The summed E-state index contributed by atoms with van der Waals surface area (Å²) < 4.78 is 16.0. The van der Waals surface area contributed by atoms with Gasteiger partial charge in [0, 0.05) is 18.1 Å². The number of pyridine rings is 1. The van der Waals surface area contributed by atoms with Crippen molar-refractivity contribution in [1.29, 1.82) is 0 Å². The number of carbonyl (C=O) groups is 1. The third kappa shape index (κ3) is 4.34. The third-order valence-corrected chi connectivity index (χ3v) is 5.78. The van der Waals surface area contributed by atoms with Gasteiger partial charge in [0.15, 0.2) is 11.0 Å². The van der Waals surface area contributed by atoms with E-state index >= 15 is 0 Å². The Morgan fingerprint density at radius 1 is 1.19 bits per heavy atom. The van der Waals surface area contributed by atoms with Gasteiger partial charge in [-0.25, -0.2) is 4.39 Å². The van der Waals surface area contributed by atoms with E-state index in [1.165, 1.54) is 17.8 Å². The number of allylic oxidation sites excluding steroid dienone is 1. The van der Waals surface area contributed by atoms with Crippen molar-refractivity contribution in [2.24, 2.45) is 0 Å².